The van der Waals surface area contributed by atoms with Gasteiger partial charge in [0.2, 0.25) is 5.91 Å². The van der Waals surface area contributed by atoms with Crippen molar-refractivity contribution in [1.82, 2.24) is 10.5 Å². The quantitative estimate of drug-likeness (QED) is 0.399. The Labute approximate surface area is 180 Å². The number of aryl methyl sites for hydroxylation is 1. The molecule has 1 aliphatic rings. The monoisotopic (exact) mass is 425 g/mol. The third kappa shape index (κ3) is 4.29. The minimum Gasteiger partial charge on any atom is -0.493 e. The van der Waals surface area contributed by atoms with Crippen LogP contribution >= 0.6 is 0 Å². The van der Waals surface area contributed by atoms with Crippen LogP contribution in [0.1, 0.15) is 31.4 Å². The third-order valence-corrected chi connectivity index (χ3v) is 5.87. The number of anilines is 1. The third-order valence-electron chi connectivity index (χ3n) is 5.87. The maximum atomic E-state index is 11.7. The predicted molar refractivity (Wildman–Crippen MR) is 117 cm³/mol. The number of hydroxylamine groups is 1. The number of furan rings is 1. The number of carbonyl (C=O) groups excluding carboxylic acids is 1. The molecule has 4 rings (SSSR count). The molecule has 1 aromatic carbocycles. The Morgan fingerprint density at radius 1 is 1.10 bits per heavy atom. The lowest BCUT2D eigenvalue weighted by Crippen LogP contribution is -2.34. The predicted octanol–water partition coefficient (Wildman–Crippen LogP) is 4.30. The molecule has 8 nitrogen and oxygen atoms in total. The zero-order valence-corrected chi connectivity index (χ0v) is 17.9. The normalized spacial score (nSPS) is 18.6. The average molecular weight is 425 g/mol. The Balaban J connectivity index is 1.70. The van der Waals surface area contributed by atoms with E-state index in [-0.39, 0.29) is 17.9 Å². The molecule has 2 heterocycles. The summed E-state index contributed by atoms with van der Waals surface area (Å²) in [6, 6.07) is 9.79. The van der Waals surface area contributed by atoms with Gasteiger partial charge in [-0.25, -0.2) is 10.5 Å². The smallest absolute Gasteiger partial charge is 0.246 e. The van der Waals surface area contributed by atoms with E-state index in [1.54, 1.807) is 19.7 Å². The summed E-state index contributed by atoms with van der Waals surface area (Å²) in [5, 5.41) is 13.4. The molecule has 0 saturated heterocycles. The molecular formula is C23H27N3O5. The largest absolute Gasteiger partial charge is 0.493 e. The number of amides is 1. The van der Waals surface area contributed by atoms with Gasteiger partial charge in [-0.2, -0.15) is 0 Å². The van der Waals surface area contributed by atoms with Crippen LogP contribution in [0.25, 0.3) is 22.4 Å². The minimum absolute atomic E-state index is 0.150. The van der Waals surface area contributed by atoms with Crippen LogP contribution in [0.5, 0.6) is 11.5 Å². The first-order valence-corrected chi connectivity index (χ1v) is 10.4. The molecule has 0 aliphatic heterocycles. The van der Waals surface area contributed by atoms with Gasteiger partial charge < -0.3 is 19.2 Å². The van der Waals surface area contributed by atoms with Crippen LogP contribution in [0, 0.1) is 12.8 Å². The molecule has 2 aromatic heterocycles. The van der Waals surface area contributed by atoms with E-state index in [4.69, 9.17) is 24.1 Å². The standard InChI is InChI=1S/C23H27N3O5/c1-13-4-9-20(31-13)19-11-17(24-15-7-5-14(6-8-15)23(27)26-28)16-10-21(29-2)22(30-3)12-18(16)25-19/h4,9-12,14-15,28H,5-8H2,1-3H3,(H,24,25)(H,26,27). The molecule has 1 amide bonds. The summed E-state index contributed by atoms with van der Waals surface area (Å²) >= 11 is 0. The first-order valence-electron chi connectivity index (χ1n) is 10.4. The van der Waals surface area contributed by atoms with Gasteiger partial charge >= 0.3 is 0 Å². The van der Waals surface area contributed by atoms with Crippen LogP contribution in [0.15, 0.2) is 34.7 Å². The van der Waals surface area contributed by atoms with Crippen molar-refractivity contribution in [2.75, 3.05) is 19.5 Å². The highest BCUT2D eigenvalue weighted by Crippen LogP contribution is 2.38. The van der Waals surface area contributed by atoms with E-state index in [9.17, 15) is 4.79 Å². The van der Waals surface area contributed by atoms with Gasteiger partial charge in [-0.1, -0.05) is 0 Å². The van der Waals surface area contributed by atoms with Crippen LogP contribution in [0.3, 0.4) is 0 Å². The lowest BCUT2D eigenvalue weighted by atomic mass is 9.85. The molecule has 0 atom stereocenters. The number of benzene rings is 1. The lowest BCUT2D eigenvalue weighted by molar-refractivity contribution is -0.134. The molecule has 1 fully saturated rings. The molecule has 0 radical (unpaired) electrons. The molecule has 0 bridgehead atoms. The molecule has 3 N–H and O–H groups in total. The fourth-order valence-electron chi connectivity index (χ4n) is 4.18. The topological polar surface area (TPSA) is 106 Å². The van der Waals surface area contributed by atoms with Crippen LogP contribution < -0.4 is 20.3 Å². The van der Waals surface area contributed by atoms with Gasteiger partial charge in [0.25, 0.3) is 0 Å². The number of aromatic nitrogens is 1. The molecular weight excluding hydrogens is 398 g/mol. The van der Waals surface area contributed by atoms with Crippen molar-refractivity contribution in [3.05, 3.63) is 36.1 Å². The van der Waals surface area contributed by atoms with Crippen molar-refractivity contribution in [2.45, 2.75) is 38.6 Å². The van der Waals surface area contributed by atoms with Crippen LogP contribution in [0.2, 0.25) is 0 Å². The van der Waals surface area contributed by atoms with Crippen molar-refractivity contribution in [3.63, 3.8) is 0 Å². The van der Waals surface area contributed by atoms with E-state index in [0.717, 1.165) is 40.9 Å². The summed E-state index contributed by atoms with van der Waals surface area (Å²) in [5.74, 6) is 2.30. The number of nitrogens with zero attached hydrogens (tertiary/aromatic N) is 1. The first-order chi connectivity index (χ1) is 15.0. The number of hydrogen-bond acceptors (Lipinski definition) is 7. The highest BCUT2D eigenvalue weighted by atomic mass is 16.5. The summed E-state index contributed by atoms with van der Waals surface area (Å²) in [7, 11) is 3.21. The van der Waals surface area contributed by atoms with E-state index in [2.05, 4.69) is 5.32 Å². The van der Waals surface area contributed by atoms with Crippen LogP contribution in [-0.2, 0) is 4.79 Å². The number of ether oxygens (including phenoxy) is 2. The second kappa shape index (κ2) is 8.85. The number of hydrogen-bond donors (Lipinski definition) is 3. The summed E-state index contributed by atoms with van der Waals surface area (Å²) in [6.07, 6.45) is 3.08. The maximum Gasteiger partial charge on any atom is 0.246 e. The summed E-state index contributed by atoms with van der Waals surface area (Å²) in [4.78, 5) is 16.5. The summed E-state index contributed by atoms with van der Waals surface area (Å²) < 4.78 is 16.8. The Morgan fingerprint density at radius 2 is 1.81 bits per heavy atom. The number of pyridine rings is 1. The average Bonchev–Trinajstić information content (AvgIpc) is 3.24. The van der Waals surface area contributed by atoms with Crippen LogP contribution in [0.4, 0.5) is 5.69 Å². The highest BCUT2D eigenvalue weighted by molar-refractivity contribution is 5.95. The SMILES string of the molecule is COc1cc2nc(-c3ccc(C)o3)cc(NC3CCC(C(=O)NO)CC3)c2cc1OC. The van der Waals surface area contributed by atoms with Gasteiger partial charge in [-0.15, -0.1) is 0 Å². The summed E-state index contributed by atoms with van der Waals surface area (Å²) in [5.41, 5.74) is 4.18. The maximum absolute atomic E-state index is 11.7. The Hall–Kier alpha value is -3.26. The van der Waals surface area contributed by atoms with E-state index in [1.165, 1.54) is 0 Å². The van der Waals surface area contributed by atoms with Crippen molar-refractivity contribution in [2.24, 2.45) is 5.92 Å². The Morgan fingerprint density at radius 3 is 2.42 bits per heavy atom. The second-order valence-electron chi connectivity index (χ2n) is 7.86. The lowest BCUT2D eigenvalue weighted by Gasteiger charge is -2.29. The Kier molecular flexibility index (Phi) is 5.99. The number of carbonyl (C=O) groups is 1. The van der Waals surface area contributed by atoms with Crippen molar-refractivity contribution in [3.8, 4) is 23.0 Å². The van der Waals surface area contributed by atoms with E-state index in [1.807, 2.05) is 37.3 Å². The minimum atomic E-state index is -0.305. The molecule has 1 saturated carbocycles. The van der Waals surface area contributed by atoms with Gasteiger partial charge in [0.1, 0.15) is 11.5 Å². The van der Waals surface area contributed by atoms with E-state index >= 15 is 0 Å². The highest BCUT2D eigenvalue weighted by Gasteiger charge is 2.26. The zero-order valence-electron chi connectivity index (χ0n) is 17.9. The molecule has 8 heteroatoms. The van der Waals surface area contributed by atoms with Gasteiger partial charge in [0.05, 0.1) is 19.7 Å². The van der Waals surface area contributed by atoms with E-state index in [0.29, 0.717) is 30.1 Å². The van der Waals surface area contributed by atoms with Crippen molar-refractivity contribution >= 4 is 22.5 Å². The van der Waals surface area contributed by atoms with E-state index < -0.39 is 0 Å². The molecule has 1 aliphatic carbocycles. The number of methoxy groups -OCH3 is 2. The second-order valence-corrected chi connectivity index (χ2v) is 7.86. The van der Waals surface area contributed by atoms with Crippen molar-refractivity contribution < 1.29 is 23.9 Å². The van der Waals surface area contributed by atoms with Gasteiger partial charge in [0.15, 0.2) is 17.3 Å². The number of fused-ring (bicyclic) bond motifs is 1. The van der Waals surface area contributed by atoms with Crippen molar-refractivity contribution in [1.29, 1.82) is 0 Å². The van der Waals surface area contributed by atoms with Crippen LogP contribution in [-0.4, -0.2) is 36.4 Å². The van der Waals surface area contributed by atoms with Gasteiger partial charge in [-0.3, -0.25) is 10.0 Å². The number of nitrogens with one attached hydrogen (secondary N) is 2. The fourth-order valence-corrected chi connectivity index (χ4v) is 4.18. The van der Waals surface area contributed by atoms with Gasteiger partial charge in [0, 0.05) is 29.1 Å². The zero-order chi connectivity index (χ0) is 22.0. The molecule has 3 aromatic rings. The van der Waals surface area contributed by atoms with Gasteiger partial charge in [-0.05, 0) is 56.9 Å². The molecule has 31 heavy (non-hydrogen) atoms. The summed E-state index contributed by atoms with van der Waals surface area (Å²) in [6.45, 7) is 1.90. The Bertz CT molecular complexity index is 1090. The number of rotatable bonds is 6. The molecule has 0 unspecified atom stereocenters. The molecule has 0 spiro atoms. The first kappa shape index (κ1) is 21.0. The fraction of sp³-hybridized carbons (Fsp3) is 0.391. The molecule has 164 valence electrons.